The Hall–Kier alpha value is -1.76. The first-order valence-electron chi connectivity index (χ1n) is 6.76. The summed E-state index contributed by atoms with van der Waals surface area (Å²) in [6.45, 7) is 9.36. The molecule has 0 saturated heterocycles. The summed E-state index contributed by atoms with van der Waals surface area (Å²) in [4.78, 5) is 0. The number of benzene rings is 2. The van der Waals surface area contributed by atoms with E-state index in [9.17, 15) is 0 Å². The Labute approximate surface area is 116 Å². The van der Waals surface area contributed by atoms with Crippen LogP contribution in [-0.4, -0.2) is 6.61 Å². The largest absolute Gasteiger partial charge is 0.494 e. The zero-order chi connectivity index (χ0) is 13.9. The standard InChI is InChI=1S/C18H21O/c1-5-19-17-8-6-7-15(13-17)14-9-11-16(12-10-14)18(2,3)4/h6,8-13H,5H2,1-4H3. The zero-order valence-electron chi connectivity index (χ0n) is 12.2. The number of ether oxygens (including phenoxy) is 1. The van der Waals surface area contributed by atoms with Crippen molar-refractivity contribution >= 4 is 0 Å². The molecule has 0 saturated carbocycles. The molecule has 1 nitrogen and oxygen atoms in total. The van der Waals surface area contributed by atoms with Gasteiger partial charge >= 0.3 is 0 Å². The van der Waals surface area contributed by atoms with Crippen molar-refractivity contribution in [3.63, 3.8) is 0 Å². The van der Waals surface area contributed by atoms with Gasteiger partial charge in [0, 0.05) is 0 Å². The van der Waals surface area contributed by atoms with Crippen LogP contribution in [0.3, 0.4) is 0 Å². The maximum Gasteiger partial charge on any atom is 0.119 e. The molecule has 0 N–H and O–H groups in total. The maximum absolute atomic E-state index is 5.53. The molecule has 2 rings (SSSR count). The van der Waals surface area contributed by atoms with Crippen molar-refractivity contribution in [1.29, 1.82) is 0 Å². The van der Waals surface area contributed by atoms with E-state index in [2.05, 4.69) is 51.1 Å². The Morgan fingerprint density at radius 1 is 1.05 bits per heavy atom. The molecule has 19 heavy (non-hydrogen) atoms. The molecule has 0 aromatic heterocycles. The molecule has 0 bridgehead atoms. The average Bonchev–Trinajstić information content (AvgIpc) is 2.39. The van der Waals surface area contributed by atoms with Crippen LogP contribution in [0.15, 0.2) is 42.5 Å². The summed E-state index contributed by atoms with van der Waals surface area (Å²) in [5.74, 6) is 0.899. The fourth-order valence-corrected chi connectivity index (χ4v) is 2.02. The Bertz CT molecular complexity index is 532. The van der Waals surface area contributed by atoms with Gasteiger partial charge in [-0.1, -0.05) is 51.1 Å². The molecular weight excluding hydrogens is 232 g/mol. The van der Waals surface area contributed by atoms with Gasteiger partial charge in [0.05, 0.1) is 6.61 Å². The van der Waals surface area contributed by atoms with E-state index in [4.69, 9.17) is 4.74 Å². The fraction of sp³-hybridized carbons (Fsp3) is 0.333. The minimum atomic E-state index is 0.190. The predicted octanol–water partition coefficient (Wildman–Crippen LogP) is 4.85. The molecule has 0 fully saturated rings. The summed E-state index contributed by atoms with van der Waals surface area (Å²) >= 11 is 0. The summed E-state index contributed by atoms with van der Waals surface area (Å²) in [7, 11) is 0. The average molecular weight is 253 g/mol. The third-order valence-corrected chi connectivity index (χ3v) is 3.15. The van der Waals surface area contributed by atoms with Gasteiger partial charge in [0.15, 0.2) is 0 Å². The number of hydrogen-bond donors (Lipinski definition) is 0. The second kappa shape index (κ2) is 5.48. The normalized spacial score (nSPS) is 11.4. The molecule has 0 unspecified atom stereocenters. The fourth-order valence-electron chi connectivity index (χ4n) is 2.02. The second-order valence-corrected chi connectivity index (χ2v) is 5.70. The van der Waals surface area contributed by atoms with E-state index in [1.165, 1.54) is 11.1 Å². The van der Waals surface area contributed by atoms with Gasteiger partial charge in [-0.15, -0.1) is 0 Å². The van der Waals surface area contributed by atoms with Crippen molar-refractivity contribution in [1.82, 2.24) is 0 Å². The summed E-state index contributed by atoms with van der Waals surface area (Å²) in [6.07, 6.45) is 0. The molecule has 0 amide bonds. The van der Waals surface area contributed by atoms with E-state index in [0.29, 0.717) is 6.61 Å². The highest BCUT2D eigenvalue weighted by molar-refractivity contribution is 5.64. The lowest BCUT2D eigenvalue weighted by atomic mass is 9.86. The van der Waals surface area contributed by atoms with E-state index < -0.39 is 0 Å². The first-order valence-corrected chi connectivity index (χ1v) is 6.76. The van der Waals surface area contributed by atoms with Gasteiger partial charge in [-0.05, 0) is 47.2 Å². The van der Waals surface area contributed by atoms with E-state index in [1.807, 2.05) is 25.1 Å². The van der Waals surface area contributed by atoms with Crippen LogP contribution in [0.25, 0.3) is 11.1 Å². The first-order chi connectivity index (χ1) is 9.00. The quantitative estimate of drug-likeness (QED) is 0.759. The van der Waals surface area contributed by atoms with E-state index >= 15 is 0 Å². The predicted molar refractivity (Wildman–Crippen MR) is 80.6 cm³/mol. The van der Waals surface area contributed by atoms with Crippen molar-refractivity contribution < 1.29 is 4.74 Å². The van der Waals surface area contributed by atoms with Gasteiger partial charge in [0.25, 0.3) is 0 Å². The van der Waals surface area contributed by atoms with Crippen LogP contribution in [0.4, 0.5) is 0 Å². The molecular formula is C18H21O. The minimum Gasteiger partial charge on any atom is -0.494 e. The molecule has 0 atom stereocenters. The Balaban J connectivity index is 2.29. The minimum absolute atomic E-state index is 0.190. The van der Waals surface area contributed by atoms with E-state index in [1.54, 1.807) is 0 Å². The summed E-state index contributed by atoms with van der Waals surface area (Å²) in [5, 5.41) is 0. The van der Waals surface area contributed by atoms with Crippen LogP contribution >= 0.6 is 0 Å². The molecule has 2 aromatic rings. The van der Waals surface area contributed by atoms with Gasteiger partial charge in [-0.2, -0.15) is 0 Å². The number of rotatable bonds is 3. The van der Waals surface area contributed by atoms with Crippen molar-refractivity contribution in [2.45, 2.75) is 33.1 Å². The molecule has 0 aliphatic heterocycles. The lowest BCUT2D eigenvalue weighted by Gasteiger charge is -2.19. The van der Waals surface area contributed by atoms with Crippen LogP contribution < -0.4 is 4.74 Å². The molecule has 0 aliphatic carbocycles. The first kappa shape index (κ1) is 13.7. The summed E-state index contributed by atoms with van der Waals surface area (Å²) < 4.78 is 5.53. The van der Waals surface area contributed by atoms with Crippen LogP contribution in [0.2, 0.25) is 0 Å². The van der Waals surface area contributed by atoms with Crippen molar-refractivity contribution in [3.8, 4) is 16.9 Å². The lowest BCUT2D eigenvalue weighted by molar-refractivity contribution is 0.340. The Kier molecular flexibility index (Phi) is 3.94. The van der Waals surface area contributed by atoms with Gasteiger partial charge in [-0.3, -0.25) is 0 Å². The van der Waals surface area contributed by atoms with Crippen LogP contribution in [0, 0.1) is 6.07 Å². The van der Waals surface area contributed by atoms with E-state index in [-0.39, 0.29) is 5.41 Å². The van der Waals surface area contributed by atoms with Crippen LogP contribution in [0.1, 0.15) is 33.3 Å². The molecule has 0 heterocycles. The van der Waals surface area contributed by atoms with E-state index in [0.717, 1.165) is 11.3 Å². The molecule has 0 aliphatic rings. The Morgan fingerprint density at radius 2 is 1.74 bits per heavy atom. The zero-order valence-corrected chi connectivity index (χ0v) is 12.2. The SMILES string of the molecule is CCOc1cc[c]c(-c2ccc(C(C)(C)C)cc2)c1. The van der Waals surface area contributed by atoms with Crippen molar-refractivity contribution in [2.75, 3.05) is 6.61 Å². The molecule has 1 radical (unpaired) electrons. The molecule has 1 heteroatoms. The topological polar surface area (TPSA) is 9.23 Å². The number of hydrogen-bond acceptors (Lipinski definition) is 1. The highest BCUT2D eigenvalue weighted by Crippen LogP contribution is 2.27. The second-order valence-electron chi connectivity index (χ2n) is 5.70. The highest BCUT2D eigenvalue weighted by Gasteiger charge is 2.13. The van der Waals surface area contributed by atoms with Crippen LogP contribution in [-0.2, 0) is 5.41 Å². The molecule has 0 spiro atoms. The third-order valence-electron chi connectivity index (χ3n) is 3.15. The Morgan fingerprint density at radius 3 is 2.32 bits per heavy atom. The smallest absolute Gasteiger partial charge is 0.119 e. The van der Waals surface area contributed by atoms with Crippen LogP contribution in [0.5, 0.6) is 5.75 Å². The molecule has 99 valence electrons. The third kappa shape index (κ3) is 3.37. The van der Waals surface area contributed by atoms with Gasteiger partial charge in [0.1, 0.15) is 5.75 Å². The summed E-state index contributed by atoms with van der Waals surface area (Å²) in [6, 6.07) is 17.8. The van der Waals surface area contributed by atoms with Crippen molar-refractivity contribution in [3.05, 3.63) is 54.1 Å². The van der Waals surface area contributed by atoms with Gasteiger partial charge in [0.2, 0.25) is 0 Å². The van der Waals surface area contributed by atoms with Gasteiger partial charge < -0.3 is 4.74 Å². The monoisotopic (exact) mass is 253 g/mol. The maximum atomic E-state index is 5.53. The lowest BCUT2D eigenvalue weighted by Crippen LogP contribution is -2.10. The summed E-state index contributed by atoms with van der Waals surface area (Å²) in [5.41, 5.74) is 3.79. The molecule has 2 aromatic carbocycles. The van der Waals surface area contributed by atoms with Crippen molar-refractivity contribution in [2.24, 2.45) is 0 Å². The van der Waals surface area contributed by atoms with Gasteiger partial charge in [-0.25, -0.2) is 0 Å². The highest BCUT2D eigenvalue weighted by atomic mass is 16.5.